The molecule has 0 aliphatic carbocycles. The first-order valence-corrected chi connectivity index (χ1v) is 12.1. The number of carbonyl (C=O) groups excluding carboxylic acids is 1. The molecule has 0 bridgehead atoms. The van der Waals surface area contributed by atoms with Gasteiger partial charge in [0.15, 0.2) is 17.2 Å². The van der Waals surface area contributed by atoms with Crippen molar-refractivity contribution in [1.82, 2.24) is 19.7 Å². The summed E-state index contributed by atoms with van der Waals surface area (Å²) in [5.74, 6) is 0.564. The van der Waals surface area contributed by atoms with Crippen LogP contribution in [0.1, 0.15) is 16.2 Å². The van der Waals surface area contributed by atoms with E-state index in [9.17, 15) is 14.0 Å². The summed E-state index contributed by atoms with van der Waals surface area (Å²) >= 11 is 0. The summed E-state index contributed by atoms with van der Waals surface area (Å²) in [6, 6.07) is 15.5. The van der Waals surface area contributed by atoms with Gasteiger partial charge < -0.3 is 19.5 Å². The van der Waals surface area contributed by atoms with Gasteiger partial charge in [0.1, 0.15) is 17.1 Å². The first-order valence-electron chi connectivity index (χ1n) is 12.1. The number of aromatic nitrogens is 4. The van der Waals surface area contributed by atoms with Crippen LogP contribution in [0.5, 0.6) is 23.1 Å². The number of pyridine rings is 2. The van der Waals surface area contributed by atoms with Gasteiger partial charge in [0.05, 0.1) is 25.3 Å². The first-order chi connectivity index (χ1) is 19.3. The maximum atomic E-state index is 13.4. The Morgan fingerprint density at radius 3 is 2.38 bits per heavy atom. The van der Waals surface area contributed by atoms with Gasteiger partial charge in [-0.05, 0) is 48.9 Å². The molecule has 5 rings (SSSR count). The second kappa shape index (κ2) is 10.8. The van der Waals surface area contributed by atoms with Gasteiger partial charge in [-0.1, -0.05) is 12.1 Å². The van der Waals surface area contributed by atoms with Crippen molar-refractivity contribution in [3.8, 4) is 34.3 Å². The molecule has 0 aliphatic rings. The van der Waals surface area contributed by atoms with Crippen molar-refractivity contribution in [1.29, 1.82) is 0 Å². The van der Waals surface area contributed by atoms with Gasteiger partial charge in [0.25, 0.3) is 11.8 Å². The third-order valence-corrected chi connectivity index (χ3v) is 6.25. The third kappa shape index (κ3) is 5.04. The minimum absolute atomic E-state index is 0.277. The van der Waals surface area contributed by atoms with E-state index in [1.165, 1.54) is 43.2 Å². The van der Waals surface area contributed by atoms with Crippen LogP contribution < -0.4 is 25.0 Å². The van der Waals surface area contributed by atoms with Crippen LogP contribution in [0.4, 0.5) is 10.1 Å². The summed E-state index contributed by atoms with van der Waals surface area (Å²) in [5.41, 5.74) is 1.95. The topological polar surface area (TPSA) is 117 Å². The highest BCUT2D eigenvalue weighted by Gasteiger charge is 2.20. The van der Waals surface area contributed by atoms with E-state index in [0.29, 0.717) is 51.1 Å². The Labute approximate surface area is 228 Å². The van der Waals surface area contributed by atoms with Crippen LogP contribution in [-0.4, -0.2) is 39.9 Å². The van der Waals surface area contributed by atoms with E-state index >= 15 is 0 Å². The maximum absolute atomic E-state index is 13.4. The minimum Gasteiger partial charge on any atom is -0.491 e. The van der Waals surface area contributed by atoms with Gasteiger partial charge in [-0.3, -0.25) is 19.3 Å². The molecule has 0 saturated heterocycles. The van der Waals surface area contributed by atoms with Gasteiger partial charge in [0, 0.05) is 36.8 Å². The van der Waals surface area contributed by atoms with E-state index in [-0.39, 0.29) is 11.3 Å². The molecule has 11 heteroatoms. The number of methoxy groups -OCH3 is 2. The lowest BCUT2D eigenvalue weighted by atomic mass is 10.0. The predicted molar refractivity (Wildman–Crippen MR) is 147 cm³/mol. The molecule has 1 N–H and O–H groups in total. The van der Waals surface area contributed by atoms with Crippen molar-refractivity contribution >= 4 is 22.6 Å². The maximum Gasteiger partial charge on any atom is 0.280 e. The lowest BCUT2D eigenvalue weighted by Crippen LogP contribution is -2.28. The minimum atomic E-state index is -0.678. The zero-order valence-electron chi connectivity index (χ0n) is 22.1. The number of nitrogens with zero attached hydrogens (tertiary/aromatic N) is 4. The van der Waals surface area contributed by atoms with Crippen molar-refractivity contribution < 1.29 is 23.4 Å². The Hall–Kier alpha value is -5.32. The van der Waals surface area contributed by atoms with Crippen LogP contribution in [0.25, 0.3) is 22.2 Å². The van der Waals surface area contributed by atoms with Gasteiger partial charge in [-0.25, -0.2) is 9.37 Å². The molecule has 0 spiro atoms. The number of hydrogen-bond donors (Lipinski definition) is 1. The lowest BCUT2D eigenvalue weighted by molar-refractivity contribution is 0.101. The van der Waals surface area contributed by atoms with Crippen molar-refractivity contribution in [3.63, 3.8) is 0 Å². The Balaban J connectivity index is 1.38. The lowest BCUT2D eigenvalue weighted by Gasteiger charge is -2.13. The van der Waals surface area contributed by atoms with E-state index in [1.807, 2.05) is 0 Å². The van der Waals surface area contributed by atoms with E-state index < -0.39 is 17.2 Å². The number of nitrogens with one attached hydrogen (secondary N) is 1. The smallest absolute Gasteiger partial charge is 0.280 e. The fourth-order valence-electron chi connectivity index (χ4n) is 4.13. The molecule has 3 heterocycles. The number of ether oxygens (including phenoxy) is 3. The summed E-state index contributed by atoms with van der Waals surface area (Å²) in [5, 5.41) is 6.86. The molecule has 0 aliphatic heterocycles. The summed E-state index contributed by atoms with van der Waals surface area (Å²) in [4.78, 5) is 35.1. The number of carbonyl (C=O) groups is 1. The van der Waals surface area contributed by atoms with Crippen LogP contribution in [0.3, 0.4) is 0 Å². The summed E-state index contributed by atoms with van der Waals surface area (Å²) in [6.45, 7) is 1.71. The van der Waals surface area contributed by atoms with Gasteiger partial charge in [-0.2, -0.15) is 5.10 Å². The number of amides is 1. The molecule has 10 nitrogen and oxygen atoms in total. The fourth-order valence-corrected chi connectivity index (χ4v) is 4.13. The Morgan fingerprint density at radius 1 is 0.975 bits per heavy atom. The highest BCUT2D eigenvalue weighted by Crippen LogP contribution is 2.34. The average molecular weight is 542 g/mol. The van der Waals surface area contributed by atoms with Gasteiger partial charge in [-0.15, -0.1) is 0 Å². The van der Waals surface area contributed by atoms with E-state index in [2.05, 4.69) is 20.4 Å². The second-order valence-corrected chi connectivity index (χ2v) is 8.73. The molecule has 5 aromatic rings. The van der Waals surface area contributed by atoms with Crippen LogP contribution in [0, 0.1) is 12.7 Å². The van der Waals surface area contributed by atoms with Crippen molar-refractivity contribution in [2.45, 2.75) is 6.92 Å². The number of benzene rings is 2. The molecule has 0 radical (unpaired) electrons. The normalized spacial score (nSPS) is 10.8. The third-order valence-electron chi connectivity index (χ3n) is 6.25. The van der Waals surface area contributed by atoms with Crippen molar-refractivity contribution in [2.75, 3.05) is 19.5 Å². The van der Waals surface area contributed by atoms with E-state index in [0.717, 1.165) is 0 Å². The van der Waals surface area contributed by atoms with Crippen LogP contribution in [0.15, 0.2) is 71.7 Å². The number of rotatable bonds is 7. The average Bonchev–Trinajstić information content (AvgIpc) is 2.96. The monoisotopic (exact) mass is 541 g/mol. The molecule has 202 valence electrons. The molecular formula is C29H24FN5O5. The molecular weight excluding hydrogens is 517 g/mol. The molecule has 40 heavy (non-hydrogen) atoms. The SMILES string of the molecule is COc1cc2nccc(Oc3ccc(NC(=O)c4nn(C)c(C)c(-c5ccc(F)cc5)c4=O)cc3)c2nc1OC. The van der Waals surface area contributed by atoms with Gasteiger partial charge in [0.2, 0.25) is 5.43 Å². The van der Waals surface area contributed by atoms with E-state index in [4.69, 9.17) is 14.2 Å². The Morgan fingerprint density at radius 2 is 1.70 bits per heavy atom. The molecule has 3 aromatic heterocycles. The summed E-state index contributed by atoms with van der Waals surface area (Å²) in [6.07, 6.45) is 1.59. The molecule has 1 amide bonds. The Bertz CT molecular complexity index is 1790. The summed E-state index contributed by atoms with van der Waals surface area (Å²) < 4.78 is 31.5. The zero-order valence-corrected chi connectivity index (χ0v) is 22.1. The highest BCUT2D eigenvalue weighted by atomic mass is 19.1. The molecule has 0 saturated carbocycles. The molecule has 0 fully saturated rings. The van der Waals surface area contributed by atoms with Crippen molar-refractivity contribution in [3.05, 3.63) is 94.3 Å². The fraction of sp³-hybridized carbons (Fsp3) is 0.138. The predicted octanol–water partition coefficient (Wildman–Crippen LogP) is 4.90. The number of halogens is 1. The van der Waals surface area contributed by atoms with E-state index in [1.54, 1.807) is 56.6 Å². The van der Waals surface area contributed by atoms with Gasteiger partial charge >= 0.3 is 0 Å². The quantitative estimate of drug-likeness (QED) is 0.309. The largest absolute Gasteiger partial charge is 0.491 e. The van der Waals surface area contributed by atoms with Crippen LogP contribution >= 0.6 is 0 Å². The summed E-state index contributed by atoms with van der Waals surface area (Å²) in [7, 11) is 4.64. The van der Waals surface area contributed by atoms with Crippen molar-refractivity contribution in [2.24, 2.45) is 7.05 Å². The first kappa shape index (κ1) is 26.3. The second-order valence-electron chi connectivity index (χ2n) is 8.73. The number of fused-ring (bicyclic) bond motifs is 1. The Kier molecular flexibility index (Phi) is 7.11. The highest BCUT2D eigenvalue weighted by molar-refractivity contribution is 6.03. The molecule has 0 atom stereocenters. The zero-order chi connectivity index (χ0) is 28.4. The number of hydrogen-bond acceptors (Lipinski definition) is 8. The molecule has 0 unspecified atom stereocenters. The van der Waals surface area contributed by atoms with Crippen LogP contribution in [-0.2, 0) is 7.05 Å². The number of anilines is 1. The van der Waals surface area contributed by atoms with Crippen LogP contribution in [0.2, 0.25) is 0 Å². The molecule has 2 aromatic carbocycles. The standard InChI is InChI=1S/C29H24FN5O5/c1-16-24(17-5-7-18(30)8-6-17)27(36)26(34-35(16)2)28(37)32-19-9-11-20(12-10-19)40-22-13-14-31-21-15-23(38-3)29(39-4)33-25(21)22/h5-15H,1-4H3,(H,32,37). The number of aryl methyl sites for hydroxylation is 1.